The molecule has 0 bridgehead atoms. The fourth-order valence-electron chi connectivity index (χ4n) is 3.13. The van der Waals surface area contributed by atoms with E-state index in [-0.39, 0.29) is 12.3 Å². The van der Waals surface area contributed by atoms with E-state index in [4.69, 9.17) is 14.7 Å². The topological polar surface area (TPSA) is 96.9 Å². The molecule has 0 radical (unpaired) electrons. The highest BCUT2D eigenvalue weighted by atomic mass is 16.5. The van der Waals surface area contributed by atoms with Crippen LogP contribution in [0.15, 0.2) is 36.4 Å². The fourth-order valence-corrected chi connectivity index (χ4v) is 3.13. The van der Waals surface area contributed by atoms with Crippen LogP contribution in [0, 0.1) is 6.92 Å². The Bertz CT molecular complexity index is 851. The SMILES string of the molecule is COc1ccc(-c2cccc(C(=O)NCCCCCC(=O)NO)c2C)c(OC)c1. The average molecular weight is 400 g/mol. The third-order valence-electron chi connectivity index (χ3n) is 4.77. The van der Waals surface area contributed by atoms with Crippen molar-refractivity contribution < 1.29 is 24.3 Å². The van der Waals surface area contributed by atoms with Gasteiger partial charge in [-0.05, 0) is 49.1 Å². The molecule has 2 amide bonds. The molecule has 0 spiro atoms. The largest absolute Gasteiger partial charge is 0.497 e. The van der Waals surface area contributed by atoms with Crippen molar-refractivity contribution in [3.63, 3.8) is 0 Å². The predicted octanol–water partition coefficient (Wildman–Crippen LogP) is 3.47. The number of unbranched alkanes of at least 4 members (excludes halogenated alkanes) is 2. The van der Waals surface area contributed by atoms with Gasteiger partial charge in [0.05, 0.1) is 14.2 Å². The van der Waals surface area contributed by atoms with Crippen LogP contribution in [-0.2, 0) is 4.79 Å². The molecule has 0 heterocycles. The van der Waals surface area contributed by atoms with Crippen LogP contribution in [0.5, 0.6) is 11.5 Å². The summed E-state index contributed by atoms with van der Waals surface area (Å²) in [6.07, 6.45) is 2.48. The maximum absolute atomic E-state index is 12.6. The zero-order valence-electron chi connectivity index (χ0n) is 17.1. The minimum Gasteiger partial charge on any atom is -0.497 e. The van der Waals surface area contributed by atoms with E-state index in [1.54, 1.807) is 25.8 Å². The Morgan fingerprint density at radius 2 is 1.79 bits per heavy atom. The van der Waals surface area contributed by atoms with E-state index in [1.807, 2.05) is 37.3 Å². The molecule has 7 heteroatoms. The summed E-state index contributed by atoms with van der Waals surface area (Å²) in [6, 6.07) is 11.2. The van der Waals surface area contributed by atoms with Gasteiger partial charge in [0, 0.05) is 30.2 Å². The minimum atomic E-state index is -0.393. The lowest BCUT2D eigenvalue weighted by molar-refractivity contribution is -0.129. The number of carbonyl (C=O) groups is 2. The highest BCUT2D eigenvalue weighted by Crippen LogP contribution is 2.35. The zero-order valence-corrected chi connectivity index (χ0v) is 17.1. The summed E-state index contributed by atoms with van der Waals surface area (Å²) in [4.78, 5) is 23.6. The average Bonchev–Trinajstić information content (AvgIpc) is 2.75. The van der Waals surface area contributed by atoms with Crippen molar-refractivity contribution in [2.24, 2.45) is 0 Å². The van der Waals surface area contributed by atoms with Gasteiger partial charge in [-0.15, -0.1) is 0 Å². The van der Waals surface area contributed by atoms with Crippen LogP contribution in [0.25, 0.3) is 11.1 Å². The lowest BCUT2D eigenvalue weighted by Crippen LogP contribution is -2.25. The van der Waals surface area contributed by atoms with E-state index in [9.17, 15) is 9.59 Å². The van der Waals surface area contributed by atoms with Gasteiger partial charge in [0.2, 0.25) is 5.91 Å². The van der Waals surface area contributed by atoms with Crippen LogP contribution in [0.4, 0.5) is 0 Å². The number of carbonyl (C=O) groups excluding carboxylic acids is 2. The summed E-state index contributed by atoms with van der Waals surface area (Å²) < 4.78 is 10.8. The Balaban J connectivity index is 2.05. The molecule has 0 saturated carbocycles. The van der Waals surface area contributed by atoms with Crippen molar-refractivity contribution in [1.29, 1.82) is 0 Å². The number of hydrogen-bond acceptors (Lipinski definition) is 5. The number of benzene rings is 2. The standard InChI is InChI=1S/C22H28N2O5/c1-15-17(19-12-11-16(28-2)14-20(19)29-3)8-7-9-18(15)22(26)23-13-6-4-5-10-21(25)24-27/h7-9,11-12,14,27H,4-6,10,13H2,1-3H3,(H,23,26)(H,24,25). The second kappa shape index (κ2) is 11.1. The summed E-state index contributed by atoms with van der Waals surface area (Å²) in [6.45, 7) is 2.44. The van der Waals surface area contributed by atoms with E-state index in [2.05, 4.69) is 5.32 Å². The smallest absolute Gasteiger partial charge is 0.251 e. The van der Waals surface area contributed by atoms with Gasteiger partial charge in [0.25, 0.3) is 5.91 Å². The first-order valence-electron chi connectivity index (χ1n) is 9.55. The maximum atomic E-state index is 12.6. The van der Waals surface area contributed by atoms with Crippen molar-refractivity contribution in [2.75, 3.05) is 20.8 Å². The normalized spacial score (nSPS) is 10.3. The van der Waals surface area contributed by atoms with E-state index < -0.39 is 5.91 Å². The summed E-state index contributed by atoms with van der Waals surface area (Å²) in [7, 11) is 3.21. The Hall–Kier alpha value is -3.06. The molecule has 0 atom stereocenters. The quantitative estimate of drug-likeness (QED) is 0.322. The van der Waals surface area contributed by atoms with Gasteiger partial charge >= 0.3 is 0 Å². The number of ether oxygens (including phenoxy) is 2. The van der Waals surface area contributed by atoms with E-state index >= 15 is 0 Å². The molecule has 0 saturated heterocycles. The Morgan fingerprint density at radius 3 is 2.48 bits per heavy atom. The third-order valence-corrected chi connectivity index (χ3v) is 4.77. The van der Waals surface area contributed by atoms with Crippen molar-refractivity contribution in [2.45, 2.75) is 32.6 Å². The lowest BCUT2D eigenvalue weighted by atomic mass is 9.95. The second-order valence-electron chi connectivity index (χ2n) is 6.65. The van der Waals surface area contributed by atoms with Crippen LogP contribution in [0.3, 0.4) is 0 Å². The highest BCUT2D eigenvalue weighted by Gasteiger charge is 2.15. The number of hydrogen-bond donors (Lipinski definition) is 3. The van der Waals surface area contributed by atoms with Crippen LogP contribution < -0.4 is 20.3 Å². The van der Waals surface area contributed by atoms with Gasteiger partial charge < -0.3 is 14.8 Å². The summed E-state index contributed by atoms with van der Waals surface area (Å²) in [5.74, 6) is 0.853. The summed E-state index contributed by atoms with van der Waals surface area (Å²) in [5.41, 5.74) is 4.90. The van der Waals surface area contributed by atoms with Crippen molar-refractivity contribution in [1.82, 2.24) is 10.8 Å². The molecule has 156 valence electrons. The van der Waals surface area contributed by atoms with Crippen LogP contribution >= 0.6 is 0 Å². The van der Waals surface area contributed by atoms with Crippen LogP contribution in [0.1, 0.15) is 41.6 Å². The molecule has 7 nitrogen and oxygen atoms in total. The third kappa shape index (κ3) is 5.96. The molecule has 0 unspecified atom stereocenters. The van der Waals surface area contributed by atoms with E-state index in [0.29, 0.717) is 30.0 Å². The van der Waals surface area contributed by atoms with Gasteiger partial charge in [0.1, 0.15) is 11.5 Å². The molecule has 0 aliphatic heterocycles. The molecular formula is C22H28N2O5. The monoisotopic (exact) mass is 400 g/mol. The maximum Gasteiger partial charge on any atom is 0.251 e. The van der Waals surface area contributed by atoms with Crippen LogP contribution in [-0.4, -0.2) is 37.8 Å². The van der Waals surface area contributed by atoms with Gasteiger partial charge in [-0.25, -0.2) is 5.48 Å². The molecule has 2 rings (SSSR count). The van der Waals surface area contributed by atoms with E-state index in [1.165, 1.54) is 0 Å². The first kappa shape index (κ1) is 22.2. The molecule has 29 heavy (non-hydrogen) atoms. The van der Waals surface area contributed by atoms with Crippen LogP contribution in [0.2, 0.25) is 0 Å². The first-order chi connectivity index (χ1) is 14.0. The number of amides is 2. The lowest BCUT2D eigenvalue weighted by Gasteiger charge is -2.15. The zero-order chi connectivity index (χ0) is 21.2. The summed E-state index contributed by atoms with van der Waals surface area (Å²) in [5, 5.41) is 11.4. The van der Waals surface area contributed by atoms with Gasteiger partial charge in [-0.2, -0.15) is 0 Å². The second-order valence-corrected chi connectivity index (χ2v) is 6.65. The van der Waals surface area contributed by atoms with Gasteiger partial charge in [-0.3, -0.25) is 14.8 Å². The molecule has 0 aliphatic carbocycles. The fraction of sp³-hybridized carbons (Fsp3) is 0.364. The number of rotatable bonds is 10. The minimum absolute atomic E-state index is 0.134. The van der Waals surface area contributed by atoms with Crippen molar-refractivity contribution >= 4 is 11.8 Å². The Kier molecular flexibility index (Phi) is 8.48. The molecular weight excluding hydrogens is 372 g/mol. The Morgan fingerprint density at radius 1 is 1.00 bits per heavy atom. The number of hydroxylamine groups is 1. The number of nitrogens with one attached hydrogen (secondary N) is 2. The Labute approximate surface area is 171 Å². The van der Waals surface area contributed by atoms with E-state index in [0.717, 1.165) is 29.5 Å². The first-order valence-corrected chi connectivity index (χ1v) is 9.55. The highest BCUT2D eigenvalue weighted by molar-refractivity contribution is 5.97. The van der Waals surface area contributed by atoms with Gasteiger partial charge in [0.15, 0.2) is 0 Å². The molecule has 0 aromatic heterocycles. The molecule has 3 N–H and O–H groups in total. The van der Waals surface area contributed by atoms with Crippen molar-refractivity contribution in [3.8, 4) is 22.6 Å². The number of methoxy groups -OCH3 is 2. The molecule has 2 aromatic carbocycles. The predicted molar refractivity (Wildman–Crippen MR) is 110 cm³/mol. The molecule has 0 fully saturated rings. The molecule has 0 aliphatic rings. The van der Waals surface area contributed by atoms with Crippen molar-refractivity contribution in [3.05, 3.63) is 47.5 Å². The molecule has 2 aromatic rings. The summed E-state index contributed by atoms with van der Waals surface area (Å²) >= 11 is 0. The van der Waals surface area contributed by atoms with Gasteiger partial charge in [-0.1, -0.05) is 18.6 Å².